The topological polar surface area (TPSA) is 90.0 Å². The number of hydrogen-bond acceptors (Lipinski definition) is 6. The standard InChI is InChI=1S/C41H81NO6S2/c1-5-7-9-11-13-15-17-19-21-23-25-27-29-31-33-35-37-47-40-41(39-42(49(3,43)44)50(4,45)46)48-38-36-34-32-30-28-26-24-22-20-18-16-14-12-10-8-6-2/h19-22,41H,5-18,23-40H2,1-4H3. The number of nitrogens with zero attached hydrogens (tertiary/aromatic N) is 1. The highest BCUT2D eigenvalue weighted by Crippen LogP contribution is 2.14. The molecule has 0 rings (SSSR count). The Labute approximate surface area is 311 Å². The summed E-state index contributed by atoms with van der Waals surface area (Å²) in [7, 11) is -7.88. The van der Waals surface area contributed by atoms with E-state index in [1.165, 1.54) is 141 Å². The summed E-state index contributed by atoms with van der Waals surface area (Å²) in [6.45, 7) is 5.47. The second kappa shape index (κ2) is 35.3. The largest absolute Gasteiger partial charge is 0.379 e. The highest BCUT2D eigenvalue weighted by molar-refractivity contribution is 8.03. The van der Waals surface area contributed by atoms with Crippen LogP contribution in [-0.4, -0.2) is 65.5 Å². The van der Waals surface area contributed by atoms with Gasteiger partial charge in [0, 0.05) is 13.2 Å². The van der Waals surface area contributed by atoms with Crippen molar-refractivity contribution >= 4 is 20.0 Å². The van der Waals surface area contributed by atoms with Gasteiger partial charge in [-0.3, -0.25) is 0 Å². The zero-order chi connectivity index (χ0) is 37.0. The van der Waals surface area contributed by atoms with Gasteiger partial charge in [-0.25, -0.2) is 16.8 Å². The SMILES string of the molecule is CCCCCCCCC=CCCCCCCCCOCC(CN(S(C)(=O)=O)S(C)(=O)=O)OCCCCCCCCC=CCCCCCCCC. The van der Waals surface area contributed by atoms with Crippen LogP contribution in [0.5, 0.6) is 0 Å². The summed E-state index contributed by atoms with van der Waals surface area (Å²) in [5.74, 6) is 0. The smallest absolute Gasteiger partial charge is 0.224 e. The third kappa shape index (κ3) is 34.4. The molecule has 7 nitrogen and oxygen atoms in total. The van der Waals surface area contributed by atoms with E-state index in [-0.39, 0.29) is 13.2 Å². The maximum atomic E-state index is 12.2. The van der Waals surface area contributed by atoms with Crippen molar-refractivity contribution in [2.75, 3.05) is 38.9 Å². The van der Waals surface area contributed by atoms with Gasteiger partial charge in [0.1, 0.15) is 0 Å². The van der Waals surface area contributed by atoms with Gasteiger partial charge in [-0.15, -0.1) is 0 Å². The molecule has 0 radical (unpaired) electrons. The number of unbranched alkanes of at least 4 members (excludes halogenated alkanes) is 24. The average molecular weight is 748 g/mol. The van der Waals surface area contributed by atoms with Crippen LogP contribution in [0.1, 0.15) is 194 Å². The van der Waals surface area contributed by atoms with Crippen molar-refractivity contribution in [3.05, 3.63) is 24.3 Å². The summed E-state index contributed by atoms with van der Waals surface area (Å²) in [4.78, 5) is 0. The van der Waals surface area contributed by atoms with Crippen molar-refractivity contribution in [2.45, 2.75) is 200 Å². The Hall–Kier alpha value is -0.740. The third-order valence-electron chi connectivity index (χ3n) is 9.21. The van der Waals surface area contributed by atoms with Gasteiger partial charge >= 0.3 is 0 Å². The van der Waals surface area contributed by atoms with Crippen LogP contribution in [0, 0.1) is 0 Å². The first-order chi connectivity index (χ1) is 24.1. The lowest BCUT2D eigenvalue weighted by Gasteiger charge is -2.24. The molecule has 0 amide bonds. The minimum atomic E-state index is -3.94. The molecule has 0 saturated heterocycles. The molecule has 0 saturated carbocycles. The molecular formula is C41H81NO6S2. The van der Waals surface area contributed by atoms with Gasteiger partial charge in [-0.1, -0.05) is 157 Å². The zero-order valence-corrected chi connectivity index (χ0v) is 34.9. The van der Waals surface area contributed by atoms with E-state index >= 15 is 0 Å². The normalized spacial score (nSPS) is 13.4. The van der Waals surface area contributed by atoms with E-state index in [1.54, 1.807) is 0 Å². The second-order valence-corrected chi connectivity index (χ2v) is 18.5. The summed E-state index contributed by atoms with van der Waals surface area (Å²) >= 11 is 0. The average Bonchev–Trinajstić information content (AvgIpc) is 3.06. The molecule has 0 fully saturated rings. The summed E-state index contributed by atoms with van der Waals surface area (Å²) < 4.78 is 61.3. The molecular weight excluding hydrogens is 667 g/mol. The zero-order valence-electron chi connectivity index (χ0n) is 33.2. The molecule has 1 atom stereocenters. The second-order valence-electron chi connectivity index (χ2n) is 14.4. The number of ether oxygens (including phenoxy) is 2. The molecule has 0 aliphatic rings. The predicted octanol–water partition coefficient (Wildman–Crippen LogP) is 11.7. The van der Waals surface area contributed by atoms with Gasteiger partial charge in [0.25, 0.3) is 0 Å². The lowest BCUT2D eigenvalue weighted by Crippen LogP contribution is -2.43. The fourth-order valence-electron chi connectivity index (χ4n) is 6.10. The quantitative estimate of drug-likeness (QED) is 0.0459. The Bertz CT molecular complexity index is 965. The highest BCUT2D eigenvalue weighted by Gasteiger charge is 2.30. The van der Waals surface area contributed by atoms with Crippen molar-refractivity contribution in [2.24, 2.45) is 0 Å². The van der Waals surface area contributed by atoms with Crippen molar-refractivity contribution in [3.8, 4) is 0 Å². The summed E-state index contributed by atoms with van der Waals surface area (Å²) in [6, 6.07) is 0. The monoisotopic (exact) mass is 748 g/mol. The first kappa shape index (κ1) is 49.3. The molecule has 9 heteroatoms. The number of allylic oxidation sites excluding steroid dienone is 4. The molecule has 0 aliphatic heterocycles. The summed E-state index contributed by atoms with van der Waals surface area (Å²) in [6.07, 6.45) is 45.2. The molecule has 50 heavy (non-hydrogen) atoms. The fraction of sp³-hybridized carbons (Fsp3) is 0.902. The molecule has 0 spiro atoms. The summed E-state index contributed by atoms with van der Waals surface area (Å²) in [5.41, 5.74) is 0. The van der Waals surface area contributed by atoms with Gasteiger partial charge in [-0.05, 0) is 64.2 Å². The summed E-state index contributed by atoms with van der Waals surface area (Å²) in [5, 5.41) is 0. The molecule has 0 aliphatic carbocycles. The fourth-order valence-corrected chi connectivity index (χ4v) is 8.94. The van der Waals surface area contributed by atoms with Crippen molar-refractivity contribution in [1.82, 2.24) is 3.71 Å². The molecule has 1 unspecified atom stereocenters. The molecule has 0 bridgehead atoms. The Balaban J connectivity index is 4.13. The van der Waals surface area contributed by atoms with Crippen LogP contribution < -0.4 is 0 Å². The number of sulfonamides is 2. The Morgan fingerprint density at radius 3 is 1.14 bits per heavy atom. The molecule has 0 heterocycles. The van der Waals surface area contributed by atoms with Gasteiger partial charge < -0.3 is 9.47 Å². The van der Waals surface area contributed by atoms with E-state index in [1.807, 2.05) is 0 Å². The molecule has 0 aromatic heterocycles. The Morgan fingerprint density at radius 1 is 0.460 bits per heavy atom. The van der Waals surface area contributed by atoms with Crippen LogP contribution in [0.3, 0.4) is 0 Å². The predicted molar refractivity (Wildman–Crippen MR) is 216 cm³/mol. The van der Waals surface area contributed by atoms with E-state index in [9.17, 15) is 16.8 Å². The molecule has 298 valence electrons. The van der Waals surface area contributed by atoms with Crippen LogP contribution in [0.15, 0.2) is 24.3 Å². The van der Waals surface area contributed by atoms with Crippen LogP contribution in [0.2, 0.25) is 0 Å². The van der Waals surface area contributed by atoms with Crippen LogP contribution in [0.25, 0.3) is 0 Å². The maximum absolute atomic E-state index is 12.2. The van der Waals surface area contributed by atoms with Gasteiger partial charge in [0.15, 0.2) is 0 Å². The molecule has 0 aromatic rings. The minimum absolute atomic E-state index is 0.180. The minimum Gasteiger partial charge on any atom is -0.379 e. The van der Waals surface area contributed by atoms with E-state index in [0.29, 0.717) is 16.9 Å². The van der Waals surface area contributed by atoms with Gasteiger partial charge in [-0.2, -0.15) is 0 Å². The van der Waals surface area contributed by atoms with E-state index < -0.39 is 26.2 Å². The van der Waals surface area contributed by atoms with Gasteiger partial charge in [0.05, 0.1) is 31.8 Å². The first-order valence-corrected chi connectivity index (χ1v) is 24.5. The lowest BCUT2D eigenvalue weighted by molar-refractivity contribution is -0.0205. The van der Waals surface area contributed by atoms with Gasteiger partial charge in [0.2, 0.25) is 20.0 Å². The molecule has 0 aromatic carbocycles. The third-order valence-corrected chi connectivity index (χ3v) is 12.6. The maximum Gasteiger partial charge on any atom is 0.224 e. The van der Waals surface area contributed by atoms with E-state index in [4.69, 9.17) is 9.47 Å². The van der Waals surface area contributed by atoms with E-state index in [2.05, 4.69) is 38.2 Å². The molecule has 0 N–H and O–H groups in total. The Morgan fingerprint density at radius 2 is 0.780 bits per heavy atom. The highest BCUT2D eigenvalue weighted by atomic mass is 32.3. The van der Waals surface area contributed by atoms with Crippen LogP contribution >= 0.6 is 0 Å². The Kier molecular flexibility index (Phi) is 34.8. The van der Waals surface area contributed by atoms with E-state index in [0.717, 1.165) is 51.0 Å². The first-order valence-electron chi connectivity index (χ1n) is 20.8. The lowest BCUT2D eigenvalue weighted by atomic mass is 10.1. The van der Waals surface area contributed by atoms with Crippen LogP contribution in [-0.2, 0) is 29.5 Å². The number of hydrogen-bond donors (Lipinski definition) is 0. The van der Waals surface area contributed by atoms with Crippen molar-refractivity contribution in [3.63, 3.8) is 0 Å². The van der Waals surface area contributed by atoms with Crippen LogP contribution in [0.4, 0.5) is 0 Å². The number of rotatable bonds is 39. The van der Waals surface area contributed by atoms with Crippen molar-refractivity contribution < 1.29 is 26.3 Å². The van der Waals surface area contributed by atoms with Crippen molar-refractivity contribution in [1.29, 1.82) is 0 Å².